The molecule has 0 saturated heterocycles. The summed E-state index contributed by atoms with van der Waals surface area (Å²) >= 11 is 0. The molecule has 0 fully saturated rings. The number of hydrogen-bond acceptors (Lipinski definition) is 4. The summed E-state index contributed by atoms with van der Waals surface area (Å²) in [6.07, 6.45) is 0. The first-order chi connectivity index (χ1) is 10.0. The smallest absolute Gasteiger partial charge is 0.267 e. The van der Waals surface area contributed by atoms with E-state index in [-0.39, 0.29) is 17.0 Å². The molecule has 0 aliphatic carbocycles. The van der Waals surface area contributed by atoms with Crippen molar-refractivity contribution in [3.63, 3.8) is 0 Å². The van der Waals surface area contributed by atoms with Gasteiger partial charge >= 0.3 is 0 Å². The second-order valence-electron chi connectivity index (χ2n) is 5.02. The van der Waals surface area contributed by atoms with Crippen LogP contribution in [0.2, 0.25) is 0 Å². The maximum absolute atomic E-state index is 12.1. The quantitative estimate of drug-likeness (QED) is 0.855. The number of H-pyrrole nitrogens is 1. The number of carbonyl (C=O) groups is 1. The predicted octanol–water partition coefficient (Wildman–Crippen LogP) is 0.828. The summed E-state index contributed by atoms with van der Waals surface area (Å²) in [5, 5.41) is 3.27. The summed E-state index contributed by atoms with van der Waals surface area (Å²) in [4.78, 5) is 29.1. The lowest BCUT2D eigenvalue weighted by Gasteiger charge is -2.10. The van der Waals surface area contributed by atoms with Crippen molar-refractivity contribution in [3.8, 4) is 5.75 Å². The van der Waals surface area contributed by atoms with Crippen LogP contribution in [0.5, 0.6) is 5.75 Å². The standard InChI is InChI=1S/C15H19N3O3/c1-18(2)7-6-16-15(20)13-9-14(19)11-8-10(21-3)4-5-12(11)17-13/h4-5,8-9H,6-7H2,1-3H3,(H,16,20)(H,17,19). The Morgan fingerprint density at radius 1 is 1.33 bits per heavy atom. The number of benzene rings is 1. The van der Waals surface area contributed by atoms with E-state index in [9.17, 15) is 9.59 Å². The monoisotopic (exact) mass is 289 g/mol. The van der Waals surface area contributed by atoms with E-state index in [4.69, 9.17) is 4.74 Å². The Bertz CT molecular complexity index is 707. The lowest BCUT2D eigenvalue weighted by atomic mass is 10.2. The number of rotatable bonds is 5. The SMILES string of the molecule is COc1ccc2[nH]c(C(=O)NCCN(C)C)cc(=O)c2c1. The van der Waals surface area contributed by atoms with Gasteiger partial charge in [0.15, 0.2) is 5.43 Å². The molecule has 21 heavy (non-hydrogen) atoms. The summed E-state index contributed by atoms with van der Waals surface area (Å²) in [5.74, 6) is 0.322. The van der Waals surface area contributed by atoms with Crippen LogP contribution in [-0.2, 0) is 0 Å². The van der Waals surface area contributed by atoms with Crippen LogP contribution in [0.1, 0.15) is 10.5 Å². The molecule has 1 amide bonds. The van der Waals surface area contributed by atoms with E-state index in [1.807, 2.05) is 19.0 Å². The normalized spacial score (nSPS) is 10.9. The molecule has 0 saturated carbocycles. The molecule has 0 aliphatic heterocycles. The third kappa shape index (κ3) is 3.61. The van der Waals surface area contributed by atoms with Gasteiger partial charge in [-0.2, -0.15) is 0 Å². The average Bonchev–Trinajstić information content (AvgIpc) is 2.46. The van der Waals surface area contributed by atoms with Crippen LogP contribution in [0.25, 0.3) is 10.9 Å². The fraction of sp³-hybridized carbons (Fsp3) is 0.333. The lowest BCUT2D eigenvalue weighted by Crippen LogP contribution is -2.32. The minimum absolute atomic E-state index is 0.208. The van der Waals surface area contributed by atoms with Crippen LogP contribution in [0.3, 0.4) is 0 Å². The number of ether oxygens (including phenoxy) is 1. The fourth-order valence-corrected chi connectivity index (χ4v) is 1.96. The predicted molar refractivity (Wildman–Crippen MR) is 82.0 cm³/mol. The number of nitrogens with one attached hydrogen (secondary N) is 2. The number of hydrogen-bond donors (Lipinski definition) is 2. The van der Waals surface area contributed by atoms with Gasteiger partial charge in [0.1, 0.15) is 11.4 Å². The largest absolute Gasteiger partial charge is 0.497 e. The number of amides is 1. The molecule has 1 aromatic heterocycles. The molecule has 1 aromatic carbocycles. The maximum Gasteiger partial charge on any atom is 0.267 e. The Kier molecular flexibility index (Phi) is 4.59. The number of pyridine rings is 1. The third-order valence-corrected chi connectivity index (χ3v) is 3.13. The van der Waals surface area contributed by atoms with Crippen molar-refractivity contribution in [1.82, 2.24) is 15.2 Å². The van der Waals surface area contributed by atoms with Gasteiger partial charge in [-0.25, -0.2) is 0 Å². The Hall–Kier alpha value is -2.34. The van der Waals surface area contributed by atoms with Crippen LogP contribution >= 0.6 is 0 Å². The van der Waals surface area contributed by atoms with Crippen molar-refractivity contribution < 1.29 is 9.53 Å². The van der Waals surface area contributed by atoms with Gasteiger partial charge in [0.2, 0.25) is 0 Å². The zero-order valence-electron chi connectivity index (χ0n) is 12.4. The van der Waals surface area contributed by atoms with Gasteiger partial charge in [-0.05, 0) is 32.3 Å². The van der Waals surface area contributed by atoms with Crippen LogP contribution in [-0.4, -0.2) is 50.1 Å². The molecular formula is C15H19N3O3. The molecule has 0 unspecified atom stereocenters. The van der Waals surface area contributed by atoms with Gasteiger partial charge in [-0.15, -0.1) is 0 Å². The van der Waals surface area contributed by atoms with E-state index in [1.165, 1.54) is 6.07 Å². The Balaban J connectivity index is 2.26. The van der Waals surface area contributed by atoms with Gasteiger partial charge < -0.3 is 19.9 Å². The maximum atomic E-state index is 12.1. The number of aromatic amines is 1. The molecule has 112 valence electrons. The van der Waals surface area contributed by atoms with Crippen LogP contribution < -0.4 is 15.5 Å². The van der Waals surface area contributed by atoms with Gasteiger partial charge in [0.25, 0.3) is 5.91 Å². The second-order valence-corrected chi connectivity index (χ2v) is 5.02. The Morgan fingerprint density at radius 3 is 2.76 bits per heavy atom. The molecular weight excluding hydrogens is 270 g/mol. The Morgan fingerprint density at radius 2 is 2.10 bits per heavy atom. The van der Waals surface area contributed by atoms with Gasteiger partial charge in [-0.3, -0.25) is 9.59 Å². The lowest BCUT2D eigenvalue weighted by molar-refractivity contribution is 0.0946. The van der Waals surface area contributed by atoms with E-state index in [0.29, 0.717) is 23.2 Å². The summed E-state index contributed by atoms with van der Waals surface area (Å²) in [5.41, 5.74) is 0.665. The number of aromatic nitrogens is 1. The van der Waals surface area contributed by atoms with Gasteiger partial charge in [-0.1, -0.05) is 0 Å². The third-order valence-electron chi connectivity index (χ3n) is 3.13. The van der Waals surface area contributed by atoms with Crippen molar-refractivity contribution in [2.75, 3.05) is 34.3 Å². The summed E-state index contributed by atoms with van der Waals surface area (Å²) in [6, 6.07) is 6.44. The fourth-order valence-electron chi connectivity index (χ4n) is 1.96. The first kappa shape index (κ1) is 15.1. The van der Waals surface area contributed by atoms with E-state index < -0.39 is 0 Å². The van der Waals surface area contributed by atoms with Crippen molar-refractivity contribution in [3.05, 3.63) is 40.2 Å². The minimum atomic E-state index is -0.285. The number of likely N-dealkylation sites (N-methyl/N-ethyl adjacent to an activating group) is 1. The number of methoxy groups -OCH3 is 1. The first-order valence-corrected chi connectivity index (χ1v) is 6.65. The molecule has 0 aliphatic rings. The van der Waals surface area contributed by atoms with E-state index in [0.717, 1.165) is 6.54 Å². The molecule has 2 aromatic rings. The summed E-state index contributed by atoms with van der Waals surface area (Å²) < 4.78 is 5.09. The molecule has 2 N–H and O–H groups in total. The topological polar surface area (TPSA) is 74.4 Å². The highest BCUT2D eigenvalue weighted by molar-refractivity contribution is 5.94. The molecule has 1 heterocycles. The van der Waals surface area contributed by atoms with Crippen molar-refractivity contribution in [1.29, 1.82) is 0 Å². The van der Waals surface area contributed by atoms with Crippen molar-refractivity contribution in [2.45, 2.75) is 0 Å². The molecule has 6 heteroatoms. The summed E-state index contributed by atoms with van der Waals surface area (Å²) in [6.45, 7) is 1.26. The van der Waals surface area contributed by atoms with Crippen molar-refractivity contribution in [2.24, 2.45) is 0 Å². The van der Waals surface area contributed by atoms with Crippen LogP contribution in [0, 0.1) is 0 Å². The van der Waals surface area contributed by atoms with Crippen LogP contribution in [0.15, 0.2) is 29.1 Å². The second kappa shape index (κ2) is 6.41. The number of carbonyl (C=O) groups excluding carboxylic acids is 1. The van der Waals surface area contributed by atoms with Gasteiger partial charge in [0.05, 0.1) is 12.6 Å². The molecule has 2 rings (SSSR count). The van der Waals surface area contributed by atoms with E-state index in [1.54, 1.807) is 25.3 Å². The zero-order chi connectivity index (χ0) is 15.4. The molecule has 0 atom stereocenters. The highest BCUT2D eigenvalue weighted by atomic mass is 16.5. The first-order valence-electron chi connectivity index (χ1n) is 6.65. The number of nitrogens with zero attached hydrogens (tertiary/aromatic N) is 1. The van der Waals surface area contributed by atoms with E-state index >= 15 is 0 Å². The molecule has 0 spiro atoms. The highest BCUT2D eigenvalue weighted by Gasteiger charge is 2.10. The molecule has 0 bridgehead atoms. The molecule has 6 nitrogen and oxygen atoms in total. The Labute approximate surface area is 122 Å². The zero-order valence-corrected chi connectivity index (χ0v) is 12.4. The highest BCUT2D eigenvalue weighted by Crippen LogP contribution is 2.16. The minimum Gasteiger partial charge on any atom is -0.497 e. The van der Waals surface area contributed by atoms with Crippen LogP contribution in [0.4, 0.5) is 0 Å². The van der Waals surface area contributed by atoms with E-state index in [2.05, 4.69) is 10.3 Å². The van der Waals surface area contributed by atoms with Crippen molar-refractivity contribution >= 4 is 16.8 Å². The average molecular weight is 289 g/mol. The number of fused-ring (bicyclic) bond motifs is 1. The van der Waals surface area contributed by atoms with Gasteiger partial charge in [0, 0.05) is 24.5 Å². The molecule has 0 radical (unpaired) electrons. The summed E-state index contributed by atoms with van der Waals surface area (Å²) in [7, 11) is 5.40.